The van der Waals surface area contributed by atoms with Gasteiger partial charge in [-0.1, -0.05) is 0 Å². The highest BCUT2D eigenvalue weighted by molar-refractivity contribution is 6.07. The Bertz CT molecular complexity index is 430. The molecule has 1 saturated heterocycles. The van der Waals surface area contributed by atoms with Crippen LogP contribution in [0.2, 0.25) is 0 Å². The van der Waals surface area contributed by atoms with Gasteiger partial charge in [0, 0.05) is 31.3 Å². The summed E-state index contributed by atoms with van der Waals surface area (Å²) in [5.74, 6) is -1.87. The monoisotopic (exact) mass is 270 g/mol. The maximum absolute atomic E-state index is 11.8. The first kappa shape index (κ1) is 15.2. The predicted octanol–water partition coefficient (Wildman–Crippen LogP) is 0.364. The lowest BCUT2D eigenvalue weighted by Gasteiger charge is -2.16. The fourth-order valence-corrected chi connectivity index (χ4v) is 1.71. The van der Waals surface area contributed by atoms with Crippen LogP contribution in [0.5, 0.6) is 0 Å². The van der Waals surface area contributed by atoms with Gasteiger partial charge in [0.05, 0.1) is 6.10 Å². The Morgan fingerprint density at radius 1 is 1.26 bits per heavy atom. The van der Waals surface area contributed by atoms with Crippen molar-refractivity contribution in [3.63, 3.8) is 0 Å². The van der Waals surface area contributed by atoms with E-state index in [-0.39, 0.29) is 17.3 Å². The molecule has 2 N–H and O–H groups in total. The summed E-state index contributed by atoms with van der Waals surface area (Å²) in [7, 11) is 1.57. The van der Waals surface area contributed by atoms with Gasteiger partial charge in [-0.05, 0) is 20.3 Å². The summed E-state index contributed by atoms with van der Waals surface area (Å²) in [6.07, 6.45) is 0.708. The molecule has 0 aromatic rings. The molecule has 0 saturated carbocycles. The number of imide groups is 1. The molecule has 1 aliphatic heterocycles. The molecule has 3 amide bonds. The van der Waals surface area contributed by atoms with Crippen molar-refractivity contribution >= 4 is 17.9 Å². The van der Waals surface area contributed by atoms with E-state index in [1.165, 1.54) is 18.7 Å². The van der Waals surface area contributed by atoms with Crippen LogP contribution >= 0.6 is 0 Å². The Balaban J connectivity index is 2.61. The van der Waals surface area contributed by atoms with Gasteiger partial charge in [-0.25, -0.2) is 9.59 Å². The number of hydrogen-bond donors (Lipinski definition) is 2. The largest absolute Gasteiger partial charge is 0.478 e. The van der Waals surface area contributed by atoms with E-state index in [2.05, 4.69) is 5.32 Å². The van der Waals surface area contributed by atoms with E-state index in [0.29, 0.717) is 13.1 Å². The summed E-state index contributed by atoms with van der Waals surface area (Å²) in [5, 5.41) is 10.9. The molecule has 0 spiro atoms. The number of aliphatic carboxylic acids is 1. The third-order valence-corrected chi connectivity index (χ3v) is 3.21. The molecular formula is C12H18N2O5. The topological polar surface area (TPSA) is 95.9 Å². The summed E-state index contributed by atoms with van der Waals surface area (Å²) in [6, 6.07) is -0.526. The zero-order valence-electron chi connectivity index (χ0n) is 11.2. The molecule has 0 bridgehead atoms. The molecule has 1 fully saturated rings. The summed E-state index contributed by atoms with van der Waals surface area (Å²) < 4.78 is 5.12. The minimum atomic E-state index is -1.18. The van der Waals surface area contributed by atoms with E-state index in [1.54, 1.807) is 7.11 Å². The van der Waals surface area contributed by atoms with Crippen molar-refractivity contribution < 1.29 is 24.2 Å². The molecule has 1 atom stereocenters. The number of ether oxygens (including phenoxy) is 1. The normalized spacial score (nSPS) is 19.9. The van der Waals surface area contributed by atoms with Crippen LogP contribution in [0.15, 0.2) is 11.1 Å². The van der Waals surface area contributed by atoms with Crippen molar-refractivity contribution in [1.82, 2.24) is 10.2 Å². The molecule has 1 aliphatic rings. The second-order valence-corrected chi connectivity index (χ2v) is 4.41. The van der Waals surface area contributed by atoms with Gasteiger partial charge in [0.25, 0.3) is 5.91 Å². The molecule has 0 radical (unpaired) electrons. The summed E-state index contributed by atoms with van der Waals surface area (Å²) in [6.45, 7) is 3.63. The van der Waals surface area contributed by atoms with Crippen LogP contribution in [0, 0.1) is 0 Å². The highest BCUT2D eigenvalue weighted by Gasteiger charge is 2.27. The third-order valence-electron chi connectivity index (χ3n) is 3.21. The van der Waals surface area contributed by atoms with E-state index >= 15 is 0 Å². The molecule has 0 aliphatic carbocycles. The summed E-state index contributed by atoms with van der Waals surface area (Å²) in [5.41, 5.74) is -0.0650. The summed E-state index contributed by atoms with van der Waals surface area (Å²) >= 11 is 0. The van der Waals surface area contributed by atoms with Crippen molar-refractivity contribution in [3.05, 3.63) is 11.1 Å². The van der Waals surface area contributed by atoms with Crippen LogP contribution in [0.25, 0.3) is 0 Å². The van der Waals surface area contributed by atoms with Crippen LogP contribution in [-0.2, 0) is 14.3 Å². The number of carboxylic acid groups (broad SMARTS) is 1. The Morgan fingerprint density at radius 3 is 2.37 bits per heavy atom. The zero-order chi connectivity index (χ0) is 14.6. The van der Waals surface area contributed by atoms with E-state index in [1.807, 2.05) is 0 Å². The average Bonchev–Trinajstić information content (AvgIpc) is 2.85. The number of nitrogens with one attached hydrogen (secondary N) is 1. The van der Waals surface area contributed by atoms with E-state index in [9.17, 15) is 14.4 Å². The number of amides is 3. The standard InChI is InChI=1S/C12H18N2O5/c1-7(8(2)11(16)17)10(15)13-12(18)14-5-4-9(6-14)19-3/h9H,4-6H2,1-3H3,(H,16,17)(H,13,15,18). The number of likely N-dealkylation sites (tertiary alicyclic amines) is 1. The Hall–Kier alpha value is -1.89. The lowest BCUT2D eigenvalue weighted by molar-refractivity contribution is -0.133. The second-order valence-electron chi connectivity index (χ2n) is 4.41. The van der Waals surface area contributed by atoms with Gasteiger partial charge < -0.3 is 14.7 Å². The smallest absolute Gasteiger partial charge is 0.331 e. The fourth-order valence-electron chi connectivity index (χ4n) is 1.71. The Morgan fingerprint density at radius 2 is 1.89 bits per heavy atom. The molecule has 19 heavy (non-hydrogen) atoms. The van der Waals surface area contributed by atoms with Crippen LogP contribution in [0.1, 0.15) is 20.3 Å². The van der Waals surface area contributed by atoms with Crippen molar-refractivity contribution in [3.8, 4) is 0 Å². The molecular weight excluding hydrogens is 252 g/mol. The quantitative estimate of drug-likeness (QED) is 0.722. The first-order valence-corrected chi connectivity index (χ1v) is 5.90. The predicted molar refractivity (Wildman–Crippen MR) is 66.5 cm³/mol. The highest BCUT2D eigenvalue weighted by atomic mass is 16.5. The molecule has 1 rings (SSSR count). The van der Waals surface area contributed by atoms with Gasteiger partial charge in [-0.3, -0.25) is 10.1 Å². The summed E-state index contributed by atoms with van der Waals surface area (Å²) in [4.78, 5) is 35.7. The van der Waals surface area contributed by atoms with E-state index in [0.717, 1.165) is 6.42 Å². The number of carbonyl (C=O) groups excluding carboxylic acids is 2. The highest BCUT2D eigenvalue weighted by Crippen LogP contribution is 2.12. The SMILES string of the molecule is COC1CCN(C(=O)NC(=O)C(C)=C(C)C(=O)O)C1. The van der Waals surface area contributed by atoms with Gasteiger partial charge in [0.2, 0.25) is 0 Å². The van der Waals surface area contributed by atoms with Gasteiger partial charge >= 0.3 is 12.0 Å². The molecule has 0 aromatic carbocycles. The van der Waals surface area contributed by atoms with Crippen molar-refractivity contribution in [1.29, 1.82) is 0 Å². The first-order chi connectivity index (χ1) is 8.86. The number of nitrogens with zero attached hydrogens (tertiary/aromatic N) is 1. The maximum Gasteiger partial charge on any atom is 0.331 e. The van der Waals surface area contributed by atoms with Crippen LogP contribution < -0.4 is 5.32 Å². The Kier molecular flexibility index (Phi) is 5.05. The number of urea groups is 1. The maximum atomic E-state index is 11.8. The molecule has 7 heteroatoms. The van der Waals surface area contributed by atoms with Gasteiger partial charge in [0.15, 0.2) is 0 Å². The number of methoxy groups -OCH3 is 1. The molecule has 0 aromatic heterocycles. The van der Waals surface area contributed by atoms with Gasteiger partial charge in [-0.2, -0.15) is 0 Å². The van der Waals surface area contributed by atoms with Gasteiger partial charge in [-0.15, -0.1) is 0 Å². The van der Waals surface area contributed by atoms with Gasteiger partial charge in [0.1, 0.15) is 0 Å². The number of rotatable bonds is 3. The first-order valence-electron chi connectivity index (χ1n) is 5.90. The minimum Gasteiger partial charge on any atom is -0.478 e. The lowest BCUT2D eigenvalue weighted by Crippen LogP contribution is -2.42. The van der Waals surface area contributed by atoms with Crippen molar-refractivity contribution in [2.75, 3.05) is 20.2 Å². The Labute approximate surface area is 111 Å². The molecule has 1 heterocycles. The van der Waals surface area contributed by atoms with Crippen LogP contribution in [-0.4, -0.2) is 54.2 Å². The van der Waals surface area contributed by atoms with E-state index < -0.39 is 17.9 Å². The fraction of sp³-hybridized carbons (Fsp3) is 0.583. The van der Waals surface area contributed by atoms with Crippen LogP contribution in [0.3, 0.4) is 0 Å². The average molecular weight is 270 g/mol. The minimum absolute atomic E-state index is 0.0155. The zero-order valence-corrected chi connectivity index (χ0v) is 11.2. The van der Waals surface area contributed by atoms with Crippen LogP contribution in [0.4, 0.5) is 4.79 Å². The number of carbonyl (C=O) groups is 3. The number of carboxylic acids is 1. The van der Waals surface area contributed by atoms with E-state index in [4.69, 9.17) is 9.84 Å². The lowest BCUT2D eigenvalue weighted by atomic mass is 10.1. The second kappa shape index (κ2) is 6.33. The molecule has 106 valence electrons. The number of hydrogen-bond acceptors (Lipinski definition) is 4. The van der Waals surface area contributed by atoms with Crippen molar-refractivity contribution in [2.24, 2.45) is 0 Å². The molecule has 1 unspecified atom stereocenters. The molecule has 7 nitrogen and oxygen atoms in total. The van der Waals surface area contributed by atoms with Crippen molar-refractivity contribution in [2.45, 2.75) is 26.4 Å². The third kappa shape index (κ3) is 3.78.